The minimum Gasteiger partial charge on any atom is -0.394 e. The summed E-state index contributed by atoms with van der Waals surface area (Å²) in [5, 5.41) is 13.8. The van der Waals surface area contributed by atoms with E-state index in [1.54, 1.807) is 18.2 Å². The maximum absolute atomic E-state index is 11.6. The molecule has 0 heterocycles. The summed E-state index contributed by atoms with van der Waals surface area (Å²) >= 11 is 5.92. The Bertz CT molecular complexity index is 479. The lowest BCUT2D eigenvalue weighted by atomic mass is 10.2. The monoisotopic (exact) mass is 300 g/mol. The molecule has 7 heteroatoms. The number of nitrogens with one attached hydrogen (secondary N) is 2. The molecule has 0 aliphatic rings. The first-order chi connectivity index (χ1) is 9.54. The van der Waals surface area contributed by atoms with Gasteiger partial charge in [-0.3, -0.25) is 9.59 Å². The third kappa shape index (κ3) is 5.56. The molecule has 1 rings (SSSR count). The van der Waals surface area contributed by atoms with Crippen molar-refractivity contribution in [1.29, 1.82) is 0 Å². The molecule has 0 bridgehead atoms. The standard InChI is InChI=1S/C13H17ClN2O4/c1-9-2-3-10(8-11(9)14)16-13(19)12(18)15-4-6-20-7-5-17/h2-3,8,17H,4-7H2,1H3,(H,15,18)(H,16,19). The van der Waals surface area contributed by atoms with E-state index < -0.39 is 11.8 Å². The van der Waals surface area contributed by atoms with Crippen LogP contribution in [-0.2, 0) is 14.3 Å². The summed E-state index contributed by atoms with van der Waals surface area (Å²) in [6.45, 7) is 2.39. The van der Waals surface area contributed by atoms with Crippen LogP contribution < -0.4 is 10.6 Å². The van der Waals surface area contributed by atoms with E-state index >= 15 is 0 Å². The maximum atomic E-state index is 11.6. The molecule has 1 aromatic rings. The number of carbonyl (C=O) groups is 2. The molecule has 0 aliphatic heterocycles. The molecule has 0 saturated heterocycles. The molecule has 0 fully saturated rings. The van der Waals surface area contributed by atoms with E-state index in [1.807, 2.05) is 6.92 Å². The SMILES string of the molecule is Cc1ccc(NC(=O)C(=O)NCCOCCO)cc1Cl. The molecule has 20 heavy (non-hydrogen) atoms. The fourth-order valence-electron chi connectivity index (χ4n) is 1.34. The first-order valence-corrected chi connectivity index (χ1v) is 6.46. The number of hydrogen-bond donors (Lipinski definition) is 3. The first kappa shape index (κ1) is 16.4. The van der Waals surface area contributed by atoms with Crippen molar-refractivity contribution in [3.05, 3.63) is 28.8 Å². The molecule has 0 aliphatic carbocycles. The maximum Gasteiger partial charge on any atom is 0.313 e. The van der Waals surface area contributed by atoms with Crippen LogP contribution in [0.25, 0.3) is 0 Å². The van der Waals surface area contributed by atoms with Gasteiger partial charge in [-0.25, -0.2) is 0 Å². The predicted octanol–water partition coefficient (Wildman–Crippen LogP) is 0.712. The Kier molecular flexibility index (Phi) is 7.00. The molecule has 6 nitrogen and oxygen atoms in total. The van der Waals surface area contributed by atoms with Crippen LogP contribution in [0.5, 0.6) is 0 Å². The second kappa shape index (κ2) is 8.52. The zero-order chi connectivity index (χ0) is 15.0. The molecule has 0 atom stereocenters. The average molecular weight is 301 g/mol. The highest BCUT2D eigenvalue weighted by atomic mass is 35.5. The van der Waals surface area contributed by atoms with Crippen molar-refractivity contribution >= 4 is 29.1 Å². The number of carbonyl (C=O) groups excluding carboxylic acids is 2. The second-order valence-corrected chi connectivity index (χ2v) is 4.42. The van der Waals surface area contributed by atoms with Crippen LogP contribution >= 0.6 is 11.6 Å². The van der Waals surface area contributed by atoms with E-state index in [0.29, 0.717) is 10.7 Å². The van der Waals surface area contributed by atoms with Crippen molar-refractivity contribution in [2.75, 3.05) is 31.7 Å². The molecule has 0 unspecified atom stereocenters. The lowest BCUT2D eigenvalue weighted by molar-refractivity contribution is -0.136. The molecule has 0 radical (unpaired) electrons. The van der Waals surface area contributed by atoms with Gasteiger partial charge >= 0.3 is 11.8 Å². The van der Waals surface area contributed by atoms with E-state index in [4.69, 9.17) is 21.4 Å². The van der Waals surface area contributed by atoms with Crippen molar-refractivity contribution in [2.24, 2.45) is 0 Å². The Morgan fingerprint density at radius 3 is 2.70 bits per heavy atom. The normalized spacial score (nSPS) is 10.2. The molecule has 110 valence electrons. The van der Waals surface area contributed by atoms with E-state index in [-0.39, 0.29) is 26.4 Å². The second-order valence-electron chi connectivity index (χ2n) is 4.01. The van der Waals surface area contributed by atoms with Crippen LogP contribution in [0.15, 0.2) is 18.2 Å². The van der Waals surface area contributed by atoms with Gasteiger partial charge in [0.2, 0.25) is 0 Å². The summed E-state index contributed by atoms with van der Waals surface area (Å²) < 4.78 is 4.95. The Morgan fingerprint density at radius 1 is 1.30 bits per heavy atom. The quantitative estimate of drug-likeness (QED) is 0.533. The minimum absolute atomic E-state index is 0.0807. The predicted molar refractivity (Wildman–Crippen MR) is 75.7 cm³/mol. The number of aryl methyl sites for hydroxylation is 1. The summed E-state index contributed by atoms with van der Waals surface area (Å²) in [4.78, 5) is 23.1. The minimum atomic E-state index is -0.771. The summed E-state index contributed by atoms with van der Waals surface area (Å²) in [6, 6.07) is 4.99. The summed E-state index contributed by atoms with van der Waals surface area (Å²) in [7, 11) is 0. The summed E-state index contributed by atoms with van der Waals surface area (Å²) in [5.41, 5.74) is 1.34. The molecule has 0 saturated carbocycles. The van der Waals surface area contributed by atoms with Gasteiger partial charge in [-0.2, -0.15) is 0 Å². The smallest absolute Gasteiger partial charge is 0.313 e. The Balaban J connectivity index is 2.37. The van der Waals surface area contributed by atoms with Gasteiger partial charge in [0, 0.05) is 17.3 Å². The van der Waals surface area contributed by atoms with Crippen molar-refractivity contribution in [3.63, 3.8) is 0 Å². The highest BCUT2D eigenvalue weighted by Crippen LogP contribution is 2.19. The van der Waals surface area contributed by atoms with Crippen LogP contribution in [0.2, 0.25) is 5.02 Å². The van der Waals surface area contributed by atoms with Gasteiger partial charge in [0.25, 0.3) is 0 Å². The Hall–Kier alpha value is -1.63. The van der Waals surface area contributed by atoms with Gasteiger partial charge in [-0.1, -0.05) is 17.7 Å². The van der Waals surface area contributed by atoms with Crippen LogP contribution in [0, 0.1) is 6.92 Å². The van der Waals surface area contributed by atoms with E-state index in [1.165, 1.54) is 0 Å². The van der Waals surface area contributed by atoms with Crippen molar-refractivity contribution in [3.8, 4) is 0 Å². The van der Waals surface area contributed by atoms with Gasteiger partial charge in [0.05, 0.1) is 19.8 Å². The van der Waals surface area contributed by atoms with Gasteiger partial charge in [0.1, 0.15) is 0 Å². The molecular formula is C13H17ClN2O4. The van der Waals surface area contributed by atoms with Gasteiger partial charge in [-0.15, -0.1) is 0 Å². The van der Waals surface area contributed by atoms with Crippen LogP contribution in [0.1, 0.15) is 5.56 Å². The zero-order valence-electron chi connectivity index (χ0n) is 11.1. The molecule has 2 amide bonds. The third-order valence-corrected chi connectivity index (χ3v) is 2.81. The highest BCUT2D eigenvalue weighted by molar-refractivity contribution is 6.39. The number of aliphatic hydroxyl groups is 1. The lowest BCUT2D eigenvalue weighted by Crippen LogP contribution is -2.37. The van der Waals surface area contributed by atoms with E-state index in [0.717, 1.165) is 5.56 Å². The number of aliphatic hydroxyl groups excluding tert-OH is 1. The lowest BCUT2D eigenvalue weighted by Gasteiger charge is -2.07. The van der Waals surface area contributed by atoms with Crippen LogP contribution in [-0.4, -0.2) is 43.3 Å². The molecular weight excluding hydrogens is 284 g/mol. The van der Waals surface area contributed by atoms with E-state index in [2.05, 4.69) is 10.6 Å². The van der Waals surface area contributed by atoms with Crippen LogP contribution in [0.3, 0.4) is 0 Å². The van der Waals surface area contributed by atoms with Gasteiger partial charge < -0.3 is 20.5 Å². The van der Waals surface area contributed by atoms with Gasteiger partial charge in [-0.05, 0) is 24.6 Å². The number of benzene rings is 1. The number of hydrogen-bond acceptors (Lipinski definition) is 4. The molecule has 3 N–H and O–H groups in total. The van der Waals surface area contributed by atoms with Gasteiger partial charge in [0.15, 0.2) is 0 Å². The summed E-state index contributed by atoms with van der Waals surface area (Å²) in [5.74, 6) is -1.53. The van der Waals surface area contributed by atoms with Crippen molar-refractivity contribution in [2.45, 2.75) is 6.92 Å². The largest absolute Gasteiger partial charge is 0.394 e. The topological polar surface area (TPSA) is 87.7 Å². The molecule has 1 aromatic carbocycles. The van der Waals surface area contributed by atoms with E-state index in [9.17, 15) is 9.59 Å². The fraction of sp³-hybridized carbons (Fsp3) is 0.385. The first-order valence-electron chi connectivity index (χ1n) is 6.08. The zero-order valence-corrected chi connectivity index (χ0v) is 11.9. The van der Waals surface area contributed by atoms with Crippen molar-refractivity contribution < 1.29 is 19.4 Å². The summed E-state index contributed by atoms with van der Waals surface area (Å²) in [6.07, 6.45) is 0. The Morgan fingerprint density at radius 2 is 2.05 bits per heavy atom. The fourth-order valence-corrected chi connectivity index (χ4v) is 1.52. The third-order valence-electron chi connectivity index (χ3n) is 2.40. The number of ether oxygens (including phenoxy) is 1. The molecule has 0 spiro atoms. The number of rotatable bonds is 6. The highest BCUT2D eigenvalue weighted by Gasteiger charge is 2.13. The van der Waals surface area contributed by atoms with Crippen molar-refractivity contribution in [1.82, 2.24) is 5.32 Å². The Labute approximate surface area is 122 Å². The van der Waals surface area contributed by atoms with Crippen LogP contribution in [0.4, 0.5) is 5.69 Å². The average Bonchev–Trinajstić information content (AvgIpc) is 2.42. The number of anilines is 1. The molecule has 0 aromatic heterocycles. The number of amides is 2. The number of halogens is 1.